The summed E-state index contributed by atoms with van der Waals surface area (Å²) >= 11 is 0. The molecule has 2 aliphatic heterocycles. The highest BCUT2D eigenvalue weighted by Crippen LogP contribution is 2.29. The van der Waals surface area contributed by atoms with Crippen LogP contribution in [-0.4, -0.2) is 88.4 Å². The van der Waals surface area contributed by atoms with Gasteiger partial charge in [0.05, 0.1) is 19.6 Å². The van der Waals surface area contributed by atoms with Gasteiger partial charge in [-0.2, -0.15) is 5.01 Å². The van der Waals surface area contributed by atoms with E-state index in [2.05, 4.69) is 11.2 Å². The molecule has 0 radical (unpaired) electrons. The molecule has 2 fully saturated rings. The fourth-order valence-electron chi connectivity index (χ4n) is 5.00. The number of nitrogens with one attached hydrogen (secondary N) is 1. The summed E-state index contributed by atoms with van der Waals surface area (Å²) in [6.07, 6.45) is 4.37. The Morgan fingerprint density at radius 2 is 1.84 bits per heavy atom. The number of nitrogens with zero attached hydrogens (tertiary/aromatic N) is 4. The molecule has 0 bridgehead atoms. The molecule has 0 aliphatic carbocycles. The Balaban J connectivity index is 1.66. The van der Waals surface area contributed by atoms with Gasteiger partial charge in [-0.25, -0.2) is 9.80 Å². The Morgan fingerprint density at radius 3 is 2.53 bits per heavy atom. The summed E-state index contributed by atoms with van der Waals surface area (Å²) in [4.78, 5) is 54.8. The van der Waals surface area contributed by atoms with Crippen LogP contribution >= 0.6 is 0 Å². The van der Waals surface area contributed by atoms with E-state index in [9.17, 15) is 24.3 Å². The molecule has 2 saturated heterocycles. The van der Waals surface area contributed by atoms with Crippen molar-refractivity contribution in [1.29, 1.82) is 0 Å². The van der Waals surface area contributed by atoms with E-state index >= 15 is 0 Å². The van der Waals surface area contributed by atoms with Crippen molar-refractivity contribution in [3.05, 3.63) is 65.7 Å². The summed E-state index contributed by atoms with van der Waals surface area (Å²) < 4.78 is 0. The van der Waals surface area contributed by atoms with Gasteiger partial charge in [-0.1, -0.05) is 66.0 Å². The number of piperazine rings is 1. The number of urea groups is 1. The van der Waals surface area contributed by atoms with Crippen molar-refractivity contribution in [2.45, 2.75) is 38.1 Å². The van der Waals surface area contributed by atoms with Gasteiger partial charge >= 0.3 is 12.0 Å². The molecule has 0 saturated carbocycles. The summed E-state index contributed by atoms with van der Waals surface area (Å²) in [6.45, 7) is 0.392. The largest absolute Gasteiger partial charge is 0.481 e. The molecule has 11 heteroatoms. The van der Waals surface area contributed by atoms with Crippen molar-refractivity contribution >= 4 is 37.1 Å². The number of carbonyl (C=O) groups is 4. The standard InChI is InChI=1S/C27H30BN5O5/c1-2-13-31-18-24(34)32-22(11-12-25(35)36)26(37)30(16-20-9-6-10-21(28)14-20)17-23(32)33(31)27(38)29-15-19-7-4-3-5-8-19/h1,3-10,14,22-23H,11-13,15-18,28H2,(H,29,38)(H,35,36)/t22-,23-/m0/s1. The zero-order valence-corrected chi connectivity index (χ0v) is 21.2. The number of terminal acetylenes is 1. The highest BCUT2D eigenvalue weighted by atomic mass is 16.4. The second-order valence-electron chi connectivity index (χ2n) is 9.45. The van der Waals surface area contributed by atoms with Gasteiger partial charge in [-0.05, 0) is 17.5 Å². The van der Waals surface area contributed by atoms with E-state index in [0.29, 0.717) is 0 Å². The SMILES string of the molecule is Bc1cccc(CN2C[C@H]3N(C(=O)CN(CC#C)N3C(=O)NCc3ccccc3)[C@@H](CCC(=O)O)C2=O)c1. The molecular weight excluding hydrogens is 485 g/mol. The molecule has 0 unspecified atom stereocenters. The Hall–Kier alpha value is -4.30. The molecule has 0 spiro atoms. The summed E-state index contributed by atoms with van der Waals surface area (Å²) in [5, 5.41) is 15.1. The number of carboxylic acids is 1. The van der Waals surface area contributed by atoms with Crippen LogP contribution in [0, 0.1) is 12.3 Å². The Morgan fingerprint density at radius 1 is 1.11 bits per heavy atom. The number of aliphatic carboxylic acids is 1. The number of rotatable bonds is 8. The lowest BCUT2D eigenvalue weighted by molar-refractivity contribution is -0.190. The fraction of sp³-hybridized carbons (Fsp3) is 0.333. The third kappa shape index (κ3) is 5.98. The highest BCUT2D eigenvalue weighted by molar-refractivity contribution is 6.32. The Bertz CT molecular complexity index is 1250. The number of amides is 4. The highest BCUT2D eigenvalue weighted by Gasteiger charge is 2.51. The molecule has 2 N–H and O–H groups in total. The van der Waals surface area contributed by atoms with E-state index in [1.54, 1.807) is 4.90 Å². The predicted molar refractivity (Wildman–Crippen MR) is 142 cm³/mol. The topological polar surface area (TPSA) is 114 Å². The van der Waals surface area contributed by atoms with E-state index < -0.39 is 24.2 Å². The molecule has 4 amide bonds. The van der Waals surface area contributed by atoms with Crippen molar-refractivity contribution in [1.82, 2.24) is 25.1 Å². The van der Waals surface area contributed by atoms with E-state index in [-0.39, 0.29) is 57.4 Å². The van der Waals surface area contributed by atoms with Crippen LogP contribution < -0.4 is 10.8 Å². The second-order valence-corrected chi connectivity index (χ2v) is 9.45. The smallest absolute Gasteiger partial charge is 0.334 e. The lowest BCUT2D eigenvalue weighted by Crippen LogP contribution is -2.76. The van der Waals surface area contributed by atoms with Gasteiger partial charge in [-0.15, -0.1) is 6.42 Å². The monoisotopic (exact) mass is 515 g/mol. The number of fused-ring (bicyclic) bond motifs is 1. The third-order valence-electron chi connectivity index (χ3n) is 6.69. The van der Waals surface area contributed by atoms with Crippen LogP contribution in [0.25, 0.3) is 0 Å². The predicted octanol–water partition coefficient (Wildman–Crippen LogP) is -0.249. The number of benzene rings is 2. The van der Waals surface area contributed by atoms with Gasteiger partial charge in [0.15, 0.2) is 0 Å². The van der Waals surface area contributed by atoms with E-state index in [0.717, 1.165) is 16.6 Å². The maximum atomic E-state index is 13.6. The average Bonchev–Trinajstić information content (AvgIpc) is 2.88. The zero-order valence-electron chi connectivity index (χ0n) is 21.2. The van der Waals surface area contributed by atoms with Crippen LogP contribution in [-0.2, 0) is 27.5 Å². The summed E-state index contributed by atoms with van der Waals surface area (Å²) in [6, 6.07) is 15.6. The number of hydrogen-bond donors (Lipinski definition) is 2. The van der Waals surface area contributed by atoms with Crippen LogP contribution in [0.4, 0.5) is 4.79 Å². The fourth-order valence-corrected chi connectivity index (χ4v) is 5.00. The van der Waals surface area contributed by atoms with E-state index in [1.165, 1.54) is 14.9 Å². The van der Waals surface area contributed by atoms with Gasteiger partial charge in [0.25, 0.3) is 0 Å². The number of carbonyl (C=O) groups excluding carboxylic acids is 3. The van der Waals surface area contributed by atoms with Gasteiger partial charge in [0.1, 0.15) is 20.1 Å². The van der Waals surface area contributed by atoms with Crippen LogP contribution in [0.2, 0.25) is 0 Å². The van der Waals surface area contributed by atoms with Crippen molar-refractivity contribution in [2.75, 3.05) is 19.6 Å². The first-order chi connectivity index (χ1) is 18.3. The van der Waals surface area contributed by atoms with Gasteiger partial charge in [-0.3, -0.25) is 14.4 Å². The third-order valence-corrected chi connectivity index (χ3v) is 6.69. The number of hydrazine groups is 1. The van der Waals surface area contributed by atoms with E-state index in [4.69, 9.17) is 6.42 Å². The van der Waals surface area contributed by atoms with Gasteiger partial charge in [0, 0.05) is 19.5 Å². The van der Waals surface area contributed by atoms with Crippen molar-refractivity contribution < 1.29 is 24.3 Å². The minimum Gasteiger partial charge on any atom is -0.481 e. The Labute approximate surface area is 222 Å². The molecule has 0 aromatic heterocycles. The summed E-state index contributed by atoms with van der Waals surface area (Å²) in [7, 11) is 1.95. The minimum absolute atomic E-state index is 0.0143. The molecule has 2 heterocycles. The molecule has 10 nitrogen and oxygen atoms in total. The maximum absolute atomic E-state index is 13.6. The summed E-state index contributed by atoms with van der Waals surface area (Å²) in [5.74, 6) is 0.717. The van der Waals surface area contributed by atoms with Crippen molar-refractivity contribution in [3.63, 3.8) is 0 Å². The number of carboxylic acid groups (broad SMARTS) is 1. The first kappa shape index (κ1) is 26.8. The minimum atomic E-state index is -1.07. The van der Waals surface area contributed by atoms with Crippen molar-refractivity contribution in [2.24, 2.45) is 0 Å². The first-order valence-electron chi connectivity index (χ1n) is 12.4. The van der Waals surface area contributed by atoms with E-state index in [1.807, 2.05) is 62.4 Å². The molecule has 2 aromatic carbocycles. The molecule has 2 aromatic rings. The van der Waals surface area contributed by atoms with Crippen molar-refractivity contribution in [3.8, 4) is 12.3 Å². The Kier molecular flexibility index (Phi) is 8.33. The van der Waals surface area contributed by atoms with Crippen LogP contribution in [0.1, 0.15) is 24.0 Å². The van der Waals surface area contributed by atoms with Gasteiger partial charge < -0.3 is 20.2 Å². The molecule has 38 heavy (non-hydrogen) atoms. The normalized spacial score (nSPS) is 19.6. The first-order valence-corrected chi connectivity index (χ1v) is 12.4. The molecular formula is C27H30BN5O5. The molecule has 2 atom stereocenters. The van der Waals surface area contributed by atoms with Crippen LogP contribution in [0.15, 0.2) is 54.6 Å². The maximum Gasteiger partial charge on any atom is 0.334 e. The average molecular weight is 515 g/mol. The second kappa shape index (κ2) is 11.8. The molecule has 196 valence electrons. The van der Waals surface area contributed by atoms with Crippen LogP contribution in [0.5, 0.6) is 0 Å². The van der Waals surface area contributed by atoms with Gasteiger partial charge in [0.2, 0.25) is 11.8 Å². The zero-order chi connectivity index (χ0) is 27.2. The van der Waals surface area contributed by atoms with Crippen LogP contribution in [0.3, 0.4) is 0 Å². The molecule has 4 rings (SSSR count). The lowest BCUT2D eigenvalue weighted by Gasteiger charge is -2.54. The number of hydrogen-bond acceptors (Lipinski definition) is 5. The molecule has 2 aliphatic rings. The summed E-state index contributed by atoms with van der Waals surface area (Å²) in [5.41, 5.74) is 2.82. The quantitative estimate of drug-likeness (QED) is 0.371. The lowest BCUT2D eigenvalue weighted by atomic mass is 9.94.